The van der Waals surface area contributed by atoms with E-state index in [4.69, 9.17) is 4.74 Å². The van der Waals surface area contributed by atoms with Crippen LogP contribution in [-0.2, 0) is 4.79 Å². The number of carbonyl (C=O) groups is 1. The fourth-order valence-corrected chi connectivity index (χ4v) is 2.74. The van der Waals surface area contributed by atoms with Crippen LogP contribution in [0.4, 0.5) is 5.69 Å². The van der Waals surface area contributed by atoms with Crippen molar-refractivity contribution in [3.63, 3.8) is 0 Å². The van der Waals surface area contributed by atoms with Gasteiger partial charge in [-0.1, -0.05) is 25.5 Å². The molecule has 4 heteroatoms. The van der Waals surface area contributed by atoms with Gasteiger partial charge in [0.2, 0.25) is 5.91 Å². The molecule has 0 aliphatic carbocycles. The van der Waals surface area contributed by atoms with Crippen molar-refractivity contribution in [2.24, 2.45) is 0 Å². The Bertz CT molecular complexity index is 440. The second kappa shape index (κ2) is 6.06. The van der Waals surface area contributed by atoms with Gasteiger partial charge in [-0.15, -0.1) is 0 Å². The minimum Gasteiger partial charge on any atom is -0.495 e. The SMILES string of the molecule is CCCC1(C(=O)Nc2ccccc2OC)CCCN1. The van der Waals surface area contributed by atoms with E-state index in [1.54, 1.807) is 7.11 Å². The molecule has 1 aromatic rings. The van der Waals surface area contributed by atoms with Gasteiger partial charge in [0.05, 0.1) is 18.3 Å². The molecule has 2 rings (SSSR count). The second-order valence-electron chi connectivity index (χ2n) is 5.02. The van der Waals surface area contributed by atoms with Gasteiger partial charge < -0.3 is 15.4 Å². The molecule has 19 heavy (non-hydrogen) atoms. The minimum atomic E-state index is -0.407. The van der Waals surface area contributed by atoms with Crippen LogP contribution >= 0.6 is 0 Å². The molecule has 104 valence electrons. The zero-order valence-electron chi connectivity index (χ0n) is 11.7. The first kappa shape index (κ1) is 13.9. The van der Waals surface area contributed by atoms with E-state index in [0.29, 0.717) is 5.75 Å². The third-order valence-corrected chi connectivity index (χ3v) is 3.71. The Kier molecular flexibility index (Phi) is 4.43. The summed E-state index contributed by atoms with van der Waals surface area (Å²) in [5.41, 5.74) is 0.328. The van der Waals surface area contributed by atoms with E-state index < -0.39 is 5.54 Å². The summed E-state index contributed by atoms with van der Waals surface area (Å²) < 4.78 is 5.27. The molecule has 0 bridgehead atoms. The molecule has 1 saturated heterocycles. The minimum absolute atomic E-state index is 0.0522. The number of amides is 1. The average Bonchev–Trinajstić information content (AvgIpc) is 2.90. The molecule has 0 aromatic heterocycles. The van der Waals surface area contributed by atoms with Crippen LogP contribution in [0.2, 0.25) is 0 Å². The first-order valence-electron chi connectivity index (χ1n) is 6.91. The molecular weight excluding hydrogens is 240 g/mol. The summed E-state index contributed by atoms with van der Waals surface area (Å²) in [6.45, 7) is 3.03. The lowest BCUT2D eigenvalue weighted by atomic mass is 9.90. The number of nitrogens with one attached hydrogen (secondary N) is 2. The van der Waals surface area contributed by atoms with Gasteiger partial charge in [0.1, 0.15) is 5.75 Å². The first-order valence-corrected chi connectivity index (χ1v) is 6.91. The molecule has 1 fully saturated rings. The zero-order valence-corrected chi connectivity index (χ0v) is 11.7. The lowest BCUT2D eigenvalue weighted by Gasteiger charge is -2.28. The summed E-state index contributed by atoms with van der Waals surface area (Å²) in [6, 6.07) is 7.51. The predicted molar refractivity (Wildman–Crippen MR) is 76.5 cm³/mol. The Labute approximate surface area is 114 Å². The van der Waals surface area contributed by atoms with Gasteiger partial charge in [-0.05, 0) is 37.9 Å². The summed E-state index contributed by atoms with van der Waals surface area (Å²) in [4.78, 5) is 12.6. The van der Waals surface area contributed by atoms with Crippen LogP contribution in [-0.4, -0.2) is 25.1 Å². The highest BCUT2D eigenvalue weighted by atomic mass is 16.5. The third-order valence-electron chi connectivity index (χ3n) is 3.71. The first-order chi connectivity index (χ1) is 9.22. The molecule has 0 saturated carbocycles. The number of anilines is 1. The molecule has 0 spiro atoms. The normalized spacial score (nSPS) is 22.2. The van der Waals surface area contributed by atoms with Crippen molar-refractivity contribution in [2.75, 3.05) is 19.0 Å². The van der Waals surface area contributed by atoms with Crippen LogP contribution < -0.4 is 15.4 Å². The second-order valence-corrected chi connectivity index (χ2v) is 5.02. The monoisotopic (exact) mass is 262 g/mol. The number of methoxy groups -OCH3 is 1. The van der Waals surface area contributed by atoms with Crippen LogP contribution in [0.15, 0.2) is 24.3 Å². The van der Waals surface area contributed by atoms with Gasteiger partial charge in [0.25, 0.3) is 0 Å². The fourth-order valence-electron chi connectivity index (χ4n) is 2.74. The fraction of sp³-hybridized carbons (Fsp3) is 0.533. The molecule has 0 radical (unpaired) electrons. The summed E-state index contributed by atoms with van der Waals surface area (Å²) in [5.74, 6) is 0.747. The molecule has 1 amide bonds. The Balaban J connectivity index is 2.15. The number of hydrogen-bond donors (Lipinski definition) is 2. The highest BCUT2D eigenvalue weighted by Gasteiger charge is 2.40. The molecule has 1 unspecified atom stereocenters. The van der Waals surface area contributed by atoms with E-state index in [2.05, 4.69) is 17.6 Å². The Morgan fingerprint density at radius 1 is 1.47 bits per heavy atom. The Morgan fingerprint density at radius 2 is 2.26 bits per heavy atom. The van der Waals surface area contributed by atoms with Crippen LogP contribution in [0.1, 0.15) is 32.6 Å². The van der Waals surface area contributed by atoms with E-state index in [1.165, 1.54) is 0 Å². The topological polar surface area (TPSA) is 50.4 Å². The van der Waals surface area contributed by atoms with E-state index >= 15 is 0 Å². The summed E-state index contributed by atoms with van der Waals surface area (Å²) in [5, 5.41) is 6.38. The summed E-state index contributed by atoms with van der Waals surface area (Å²) in [6.07, 6.45) is 3.82. The molecule has 2 N–H and O–H groups in total. The van der Waals surface area contributed by atoms with Gasteiger partial charge in [0.15, 0.2) is 0 Å². The van der Waals surface area contributed by atoms with Crippen molar-refractivity contribution in [2.45, 2.75) is 38.1 Å². The highest BCUT2D eigenvalue weighted by Crippen LogP contribution is 2.29. The van der Waals surface area contributed by atoms with E-state index in [9.17, 15) is 4.79 Å². The molecular formula is C15H22N2O2. The van der Waals surface area contributed by atoms with Crippen LogP contribution in [0.25, 0.3) is 0 Å². The van der Waals surface area contributed by atoms with Gasteiger partial charge in [-0.3, -0.25) is 4.79 Å². The largest absolute Gasteiger partial charge is 0.495 e. The number of ether oxygens (including phenoxy) is 1. The standard InChI is InChI=1S/C15H22N2O2/c1-3-9-15(10-6-11-16-15)14(18)17-12-7-4-5-8-13(12)19-2/h4-5,7-8,16H,3,6,9-11H2,1-2H3,(H,17,18). The Morgan fingerprint density at radius 3 is 2.89 bits per heavy atom. The average molecular weight is 262 g/mol. The zero-order chi connectivity index (χ0) is 13.7. The van der Waals surface area contributed by atoms with Crippen LogP contribution in [0.3, 0.4) is 0 Å². The lowest BCUT2D eigenvalue weighted by Crippen LogP contribution is -2.50. The van der Waals surface area contributed by atoms with Crippen molar-refractivity contribution < 1.29 is 9.53 Å². The smallest absolute Gasteiger partial charge is 0.244 e. The van der Waals surface area contributed by atoms with Crippen molar-refractivity contribution in [1.82, 2.24) is 5.32 Å². The van der Waals surface area contributed by atoms with Gasteiger partial charge in [-0.25, -0.2) is 0 Å². The molecule has 1 aliphatic rings. The van der Waals surface area contributed by atoms with Crippen molar-refractivity contribution >= 4 is 11.6 Å². The number of carbonyl (C=O) groups excluding carboxylic acids is 1. The van der Waals surface area contributed by atoms with E-state index in [1.807, 2.05) is 24.3 Å². The van der Waals surface area contributed by atoms with Gasteiger partial charge >= 0.3 is 0 Å². The molecule has 4 nitrogen and oxygen atoms in total. The maximum Gasteiger partial charge on any atom is 0.244 e. The van der Waals surface area contributed by atoms with Gasteiger partial charge in [0, 0.05) is 0 Å². The maximum absolute atomic E-state index is 12.6. The van der Waals surface area contributed by atoms with Gasteiger partial charge in [-0.2, -0.15) is 0 Å². The lowest BCUT2D eigenvalue weighted by molar-refractivity contribution is -0.122. The number of rotatable bonds is 5. The molecule has 1 atom stereocenters. The Hall–Kier alpha value is -1.55. The number of para-hydroxylation sites is 2. The predicted octanol–water partition coefficient (Wildman–Crippen LogP) is 2.56. The van der Waals surface area contributed by atoms with E-state index in [0.717, 1.165) is 37.9 Å². The van der Waals surface area contributed by atoms with Crippen LogP contribution in [0.5, 0.6) is 5.75 Å². The maximum atomic E-state index is 12.6. The van der Waals surface area contributed by atoms with E-state index in [-0.39, 0.29) is 5.91 Å². The summed E-state index contributed by atoms with van der Waals surface area (Å²) >= 11 is 0. The third kappa shape index (κ3) is 2.89. The summed E-state index contributed by atoms with van der Waals surface area (Å²) in [7, 11) is 1.61. The molecule has 1 aromatic carbocycles. The molecule has 1 heterocycles. The number of hydrogen-bond acceptors (Lipinski definition) is 3. The van der Waals surface area contributed by atoms with Crippen molar-refractivity contribution in [3.05, 3.63) is 24.3 Å². The quantitative estimate of drug-likeness (QED) is 0.857. The highest BCUT2D eigenvalue weighted by molar-refractivity contribution is 5.99. The number of benzene rings is 1. The van der Waals surface area contributed by atoms with Crippen molar-refractivity contribution in [3.8, 4) is 5.75 Å². The van der Waals surface area contributed by atoms with Crippen LogP contribution in [0, 0.1) is 0 Å². The molecule has 1 aliphatic heterocycles. The van der Waals surface area contributed by atoms with Crippen molar-refractivity contribution in [1.29, 1.82) is 0 Å².